The van der Waals surface area contributed by atoms with Gasteiger partial charge in [-0.2, -0.15) is 0 Å². The minimum absolute atomic E-state index is 0.106. The van der Waals surface area contributed by atoms with E-state index in [1.54, 1.807) is 4.90 Å². The van der Waals surface area contributed by atoms with Crippen molar-refractivity contribution in [2.24, 2.45) is 5.73 Å². The molecule has 0 saturated heterocycles. The molecule has 0 aliphatic rings. The molecular weight excluding hydrogens is 442 g/mol. The Morgan fingerprint density at radius 1 is 1.03 bits per heavy atom. The van der Waals surface area contributed by atoms with Crippen LogP contribution in [0.1, 0.15) is 31.4 Å². The van der Waals surface area contributed by atoms with Gasteiger partial charge < -0.3 is 16.0 Å². The molecule has 0 aliphatic heterocycles. The number of para-hydroxylation sites is 2. The van der Waals surface area contributed by atoms with Gasteiger partial charge in [0.05, 0.1) is 5.75 Å². The lowest BCUT2D eigenvalue weighted by molar-refractivity contribution is -0.118. The summed E-state index contributed by atoms with van der Waals surface area (Å²) in [6.45, 7) is 4.50. The molecule has 3 rings (SSSR count). The van der Waals surface area contributed by atoms with Crippen molar-refractivity contribution in [3.8, 4) is 0 Å². The van der Waals surface area contributed by atoms with Crippen molar-refractivity contribution >= 4 is 51.4 Å². The van der Waals surface area contributed by atoms with Gasteiger partial charge in [0.15, 0.2) is 4.34 Å². The Kier molecular flexibility index (Phi) is 8.64. The van der Waals surface area contributed by atoms with Gasteiger partial charge in [0, 0.05) is 24.3 Å². The summed E-state index contributed by atoms with van der Waals surface area (Å²) in [6, 6.07) is 15.6. The van der Waals surface area contributed by atoms with E-state index in [0.29, 0.717) is 9.47 Å². The Morgan fingerprint density at radius 2 is 1.72 bits per heavy atom. The lowest BCUT2D eigenvalue weighted by Crippen LogP contribution is -2.35. The number of primary amides is 1. The van der Waals surface area contributed by atoms with Gasteiger partial charge >= 0.3 is 0 Å². The number of anilines is 3. The Morgan fingerprint density at radius 3 is 2.34 bits per heavy atom. The third-order valence-corrected chi connectivity index (χ3v) is 6.86. The van der Waals surface area contributed by atoms with Gasteiger partial charge in [-0.25, -0.2) is 0 Å². The predicted octanol–water partition coefficient (Wildman–Crippen LogP) is 4.41. The van der Waals surface area contributed by atoms with Crippen LogP contribution >= 0.6 is 23.1 Å². The van der Waals surface area contributed by atoms with Crippen LogP contribution < -0.4 is 16.0 Å². The van der Waals surface area contributed by atoms with Crippen LogP contribution in [0.15, 0.2) is 52.9 Å². The Hall–Kier alpha value is -2.91. The number of thioether (sulfide) groups is 1. The van der Waals surface area contributed by atoms with Crippen LogP contribution in [0.3, 0.4) is 0 Å². The van der Waals surface area contributed by atoms with Gasteiger partial charge in [0.25, 0.3) is 0 Å². The van der Waals surface area contributed by atoms with E-state index >= 15 is 0 Å². The number of carbonyl (C=O) groups excluding carboxylic acids is 2. The second-order valence-corrected chi connectivity index (χ2v) is 9.24. The molecule has 0 saturated carbocycles. The van der Waals surface area contributed by atoms with E-state index in [1.807, 2.05) is 30.3 Å². The van der Waals surface area contributed by atoms with Crippen molar-refractivity contribution in [3.63, 3.8) is 0 Å². The predicted molar refractivity (Wildman–Crippen MR) is 132 cm³/mol. The van der Waals surface area contributed by atoms with E-state index < -0.39 is 5.91 Å². The third-order valence-electron chi connectivity index (χ3n) is 4.91. The van der Waals surface area contributed by atoms with Crippen LogP contribution in [0.5, 0.6) is 0 Å². The second kappa shape index (κ2) is 11.6. The van der Waals surface area contributed by atoms with Crippen molar-refractivity contribution in [3.05, 3.63) is 59.7 Å². The molecule has 2 aromatic carbocycles. The highest BCUT2D eigenvalue weighted by Crippen LogP contribution is 2.31. The van der Waals surface area contributed by atoms with Crippen LogP contribution in [0.4, 0.5) is 16.5 Å². The van der Waals surface area contributed by atoms with Crippen molar-refractivity contribution in [2.45, 2.75) is 37.4 Å². The molecule has 3 aromatic rings. The molecule has 7 nitrogen and oxygen atoms in total. The highest BCUT2D eigenvalue weighted by Gasteiger charge is 2.18. The summed E-state index contributed by atoms with van der Waals surface area (Å²) in [4.78, 5) is 25.7. The molecule has 0 atom stereocenters. The Balaban J connectivity index is 1.66. The number of aryl methyl sites for hydroxylation is 2. The number of amides is 2. The maximum absolute atomic E-state index is 12.9. The zero-order valence-corrected chi connectivity index (χ0v) is 19.8. The van der Waals surface area contributed by atoms with Crippen molar-refractivity contribution in [1.29, 1.82) is 0 Å². The fourth-order valence-electron chi connectivity index (χ4n) is 3.26. The molecule has 0 aliphatic carbocycles. The average molecular weight is 470 g/mol. The molecule has 0 bridgehead atoms. The summed E-state index contributed by atoms with van der Waals surface area (Å²) in [5, 5.41) is 12.6. The number of benzene rings is 2. The van der Waals surface area contributed by atoms with Gasteiger partial charge in [-0.15, -0.1) is 10.2 Å². The van der Waals surface area contributed by atoms with Crippen LogP contribution in [0, 0.1) is 0 Å². The zero-order valence-electron chi connectivity index (χ0n) is 18.2. The molecule has 1 heterocycles. The van der Waals surface area contributed by atoms with Gasteiger partial charge in [0.2, 0.25) is 16.9 Å². The Bertz CT molecular complexity index is 1030. The molecule has 0 unspecified atom stereocenters. The summed E-state index contributed by atoms with van der Waals surface area (Å²) in [5.74, 6) is -0.365. The van der Waals surface area contributed by atoms with E-state index in [0.717, 1.165) is 24.2 Å². The van der Waals surface area contributed by atoms with Crippen molar-refractivity contribution < 1.29 is 9.59 Å². The zero-order chi connectivity index (χ0) is 22.9. The highest BCUT2D eigenvalue weighted by molar-refractivity contribution is 8.01. The molecular formula is C23H27N5O2S2. The first-order chi connectivity index (χ1) is 15.5. The molecule has 32 heavy (non-hydrogen) atoms. The topological polar surface area (TPSA) is 101 Å². The smallest absolute Gasteiger partial charge is 0.237 e. The quantitative estimate of drug-likeness (QED) is 0.404. The fourth-order valence-corrected chi connectivity index (χ4v) is 4.89. The highest BCUT2D eigenvalue weighted by atomic mass is 32.2. The number of rotatable bonds is 11. The monoisotopic (exact) mass is 469 g/mol. The van der Waals surface area contributed by atoms with Gasteiger partial charge in [-0.3, -0.25) is 9.59 Å². The molecule has 3 N–H and O–H groups in total. The Labute approximate surface area is 196 Å². The molecule has 0 spiro atoms. The van der Waals surface area contributed by atoms with Gasteiger partial charge in [-0.05, 0) is 36.1 Å². The van der Waals surface area contributed by atoms with Crippen LogP contribution in [-0.2, 0) is 22.4 Å². The maximum Gasteiger partial charge on any atom is 0.237 e. The molecule has 168 valence electrons. The van der Waals surface area contributed by atoms with E-state index in [1.165, 1.54) is 34.2 Å². The number of hydrogen-bond donors (Lipinski definition) is 2. The largest absolute Gasteiger partial charge is 0.370 e. The summed E-state index contributed by atoms with van der Waals surface area (Å²) < 4.78 is 0.704. The van der Waals surface area contributed by atoms with Crippen molar-refractivity contribution in [2.75, 3.05) is 22.5 Å². The molecule has 0 radical (unpaired) electrons. The molecule has 1 aromatic heterocycles. The van der Waals surface area contributed by atoms with Crippen molar-refractivity contribution in [1.82, 2.24) is 10.2 Å². The van der Waals surface area contributed by atoms with Crippen LogP contribution in [-0.4, -0.2) is 34.3 Å². The number of aromatic nitrogens is 2. The maximum atomic E-state index is 12.9. The number of nitrogens with zero attached hydrogens (tertiary/aromatic N) is 3. The van der Waals surface area contributed by atoms with E-state index in [-0.39, 0.29) is 24.6 Å². The second-order valence-electron chi connectivity index (χ2n) is 7.04. The van der Waals surface area contributed by atoms with Crippen LogP contribution in [0.25, 0.3) is 0 Å². The van der Waals surface area contributed by atoms with Crippen LogP contribution in [0.2, 0.25) is 0 Å². The normalized spacial score (nSPS) is 10.7. The van der Waals surface area contributed by atoms with E-state index in [9.17, 15) is 9.59 Å². The first kappa shape index (κ1) is 23.7. The summed E-state index contributed by atoms with van der Waals surface area (Å²) in [5.41, 5.74) is 9.58. The number of nitrogens with two attached hydrogens (primary N) is 1. The molecule has 9 heteroatoms. The van der Waals surface area contributed by atoms with Gasteiger partial charge in [-0.1, -0.05) is 73.3 Å². The SMILES string of the molecule is CCc1cccc(CC)c1Nc1nnc(SCC(=O)N(CCC(N)=O)c2ccccc2)s1. The summed E-state index contributed by atoms with van der Waals surface area (Å²) >= 11 is 2.75. The minimum atomic E-state index is -0.440. The number of carbonyl (C=O) groups is 2. The third kappa shape index (κ3) is 6.30. The first-order valence-corrected chi connectivity index (χ1v) is 12.3. The summed E-state index contributed by atoms with van der Waals surface area (Å²) in [6.07, 6.45) is 1.95. The first-order valence-electron chi connectivity index (χ1n) is 10.5. The lowest BCUT2D eigenvalue weighted by atomic mass is 10.0. The minimum Gasteiger partial charge on any atom is -0.370 e. The number of hydrogen-bond acceptors (Lipinski definition) is 7. The van der Waals surface area contributed by atoms with E-state index in [2.05, 4.69) is 47.6 Å². The lowest BCUT2D eigenvalue weighted by Gasteiger charge is -2.22. The van der Waals surface area contributed by atoms with Gasteiger partial charge in [0.1, 0.15) is 0 Å². The summed E-state index contributed by atoms with van der Waals surface area (Å²) in [7, 11) is 0. The molecule has 2 amide bonds. The fraction of sp³-hybridized carbons (Fsp3) is 0.304. The van der Waals surface area contributed by atoms with E-state index in [4.69, 9.17) is 5.73 Å². The average Bonchev–Trinajstić information content (AvgIpc) is 3.26. The number of nitrogens with one attached hydrogen (secondary N) is 1. The molecule has 0 fully saturated rings. The standard InChI is InChI=1S/C23H27N5O2S2/c1-3-16-9-8-10-17(4-2)21(16)25-22-26-27-23(32-22)31-15-20(30)28(14-13-19(24)29)18-11-6-5-7-12-18/h5-12H,3-4,13-15H2,1-2H3,(H2,24,29)(H,25,26).